The fourth-order valence-electron chi connectivity index (χ4n) is 2.47. The first-order valence-corrected chi connectivity index (χ1v) is 6.34. The number of hydrogen-bond donors (Lipinski definition) is 0. The summed E-state index contributed by atoms with van der Waals surface area (Å²) >= 11 is 0. The van der Waals surface area contributed by atoms with E-state index in [1.54, 1.807) is 0 Å². The Morgan fingerprint density at radius 1 is 1.41 bits per heavy atom. The number of ether oxygens (including phenoxy) is 1. The molecule has 0 amide bonds. The summed E-state index contributed by atoms with van der Waals surface area (Å²) in [5, 5.41) is 3.48. The summed E-state index contributed by atoms with van der Waals surface area (Å²) in [5.41, 5.74) is 0. The standard InChI is InChI=1S/C12H21N3O2/c1-3-14-12(17-13-2)10-8-15(9-10)11-4-6-16-7-5-11/h10-11H,2-9H2,1H3. The van der Waals surface area contributed by atoms with E-state index in [1.165, 1.54) is 0 Å². The third-order valence-corrected chi connectivity index (χ3v) is 3.44. The van der Waals surface area contributed by atoms with Crippen molar-refractivity contribution >= 4 is 12.6 Å². The SMILES string of the molecule is C=NOC(=NCC)C1CN(C2CCOCC2)C1. The molecule has 2 heterocycles. The minimum atomic E-state index is 0.392. The van der Waals surface area contributed by atoms with Crippen LogP contribution in [0.2, 0.25) is 0 Å². The molecular weight excluding hydrogens is 218 g/mol. The second kappa shape index (κ2) is 6.12. The largest absolute Gasteiger partial charge is 0.381 e. The number of likely N-dealkylation sites (tertiary alicyclic amines) is 1. The van der Waals surface area contributed by atoms with E-state index < -0.39 is 0 Å². The molecule has 0 aliphatic carbocycles. The van der Waals surface area contributed by atoms with Gasteiger partial charge in [-0.15, -0.1) is 0 Å². The van der Waals surface area contributed by atoms with Gasteiger partial charge in [0.15, 0.2) is 0 Å². The minimum Gasteiger partial charge on any atom is -0.381 e. The minimum absolute atomic E-state index is 0.392. The highest BCUT2D eigenvalue weighted by molar-refractivity contribution is 5.80. The molecule has 2 saturated heterocycles. The van der Waals surface area contributed by atoms with Crippen LogP contribution in [0, 0.1) is 5.92 Å². The average molecular weight is 239 g/mol. The number of aliphatic imine (C=N–C) groups is 1. The quantitative estimate of drug-likeness (QED) is 0.420. The Balaban J connectivity index is 1.80. The van der Waals surface area contributed by atoms with Crippen molar-refractivity contribution in [2.75, 3.05) is 32.8 Å². The lowest BCUT2D eigenvalue weighted by Gasteiger charge is -2.45. The van der Waals surface area contributed by atoms with E-state index in [0.717, 1.165) is 51.6 Å². The molecule has 5 heteroatoms. The van der Waals surface area contributed by atoms with Crippen LogP contribution in [0.25, 0.3) is 0 Å². The second-order valence-electron chi connectivity index (χ2n) is 4.53. The Morgan fingerprint density at radius 2 is 2.12 bits per heavy atom. The van der Waals surface area contributed by atoms with Gasteiger partial charge in [-0.1, -0.05) is 5.16 Å². The lowest BCUT2D eigenvalue weighted by molar-refractivity contribution is -0.00502. The average Bonchev–Trinajstić information content (AvgIpc) is 2.29. The molecule has 17 heavy (non-hydrogen) atoms. The third kappa shape index (κ3) is 3.04. The van der Waals surface area contributed by atoms with Crippen molar-refractivity contribution in [2.24, 2.45) is 16.1 Å². The summed E-state index contributed by atoms with van der Waals surface area (Å²) in [6, 6.07) is 0.680. The van der Waals surface area contributed by atoms with Crippen molar-refractivity contribution in [3.63, 3.8) is 0 Å². The molecule has 2 aliphatic heterocycles. The van der Waals surface area contributed by atoms with Gasteiger partial charge in [0.05, 0.1) is 5.92 Å². The van der Waals surface area contributed by atoms with Crippen LogP contribution in [-0.2, 0) is 9.57 Å². The van der Waals surface area contributed by atoms with E-state index >= 15 is 0 Å². The first-order valence-electron chi connectivity index (χ1n) is 6.34. The molecule has 0 bridgehead atoms. The first kappa shape index (κ1) is 12.5. The summed E-state index contributed by atoms with van der Waals surface area (Å²) in [4.78, 5) is 12.0. The van der Waals surface area contributed by atoms with E-state index in [9.17, 15) is 0 Å². The third-order valence-electron chi connectivity index (χ3n) is 3.44. The van der Waals surface area contributed by atoms with Crippen LogP contribution in [-0.4, -0.2) is 56.4 Å². The highest BCUT2D eigenvalue weighted by Crippen LogP contribution is 2.25. The fourth-order valence-corrected chi connectivity index (χ4v) is 2.47. The molecular formula is C12H21N3O2. The Morgan fingerprint density at radius 3 is 2.71 bits per heavy atom. The molecule has 0 radical (unpaired) electrons. The number of rotatable bonds is 4. The molecule has 0 spiro atoms. The van der Waals surface area contributed by atoms with Gasteiger partial charge in [0.25, 0.3) is 0 Å². The molecule has 0 saturated carbocycles. The van der Waals surface area contributed by atoms with E-state index in [4.69, 9.17) is 9.57 Å². The van der Waals surface area contributed by atoms with Gasteiger partial charge in [-0.25, -0.2) is 0 Å². The van der Waals surface area contributed by atoms with Gasteiger partial charge in [-0.05, 0) is 19.8 Å². The Labute approximate surface area is 102 Å². The molecule has 2 rings (SSSR count). The van der Waals surface area contributed by atoms with Crippen molar-refractivity contribution in [1.82, 2.24) is 4.90 Å². The maximum atomic E-state index is 5.37. The summed E-state index contributed by atoms with van der Waals surface area (Å²) < 4.78 is 5.37. The van der Waals surface area contributed by atoms with E-state index in [1.807, 2.05) is 6.92 Å². The Bertz CT molecular complexity index is 281. The van der Waals surface area contributed by atoms with Gasteiger partial charge >= 0.3 is 0 Å². The number of nitrogens with zero attached hydrogens (tertiary/aromatic N) is 3. The van der Waals surface area contributed by atoms with E-state index in [0.29, 0.717) is 12.0 Å². The van der Waals surface area contributed by atoms with Crippen molar-refractivity contribution < 1.29 is 9.57 Å². The maximum Gasteiger partial charge on any atom is 0.225 e. The normalized spacial score (nSPS) is 24.4. The fraction of sp³-hybridized carbons (Fsp3) is 0.833. The lowest BCUT2D eigenvalue weighted by Crippen LogP contribution is -2.56. The molecule has 5 nitrogen and oxygen atoms in total. The van der Waals surface area contributed by atoms with Crippen molar-refractivity contribution in [1.29, 1.82) is 0 Å². The summed E-state index contributed by atoms with van der Waals surface area (Å²) in [6.07, 6.45) is 2.29. The first-order chi connectivity index (χ1) is 8.35. The van der Waals surface area contributed by atoms with Crippen molar-refractivity contribution in [3.05, 3.63) is 0 Å². The molecule has 0 unspecified atom stereocenters. The maximum absolute atomic E-state index is 5.37. The zero-order valence-corrected chi connectivity index (χ0v) is 10.5. The molecule has 2 aliphatic rings. The summed E-state index contributed by atoms with van der Waals surface area (Å²) in [6.45, 7) is 9.93. The van der Waals surface area contributed by atoms with Gasteiger partial charge in [-0.2, -0.15) is 0 Å². The lowest BCUT2D eigenvalue weighted by atomic mass is 9.94. The molecule has 96 valence electrons. The van der Waals surface area contributed by atoms with Crippen LogP contribution in [0.5, 0.6) is 0 Å². The number of oxime groups is 1. The number of hydrogen-bond acceptors (Lipinski definition) is 5. The van der Waals surface area contributed by atoms with Crippen LogP contribution in [0.3, 0.4) is 0 Å². The zero-order valence-electron chi connectivity index (χ0n) is 10.5. The molecule has 0 aromatic rings. The molecule has 2 fully saturated rings. The summed E-state index contributed by atoms with van der Waals surface area (Å²) in [5.74, 6) is 1.13. The zero-order chi connectivity index (χ0) is 12.1. The molecule has 0 aromatic heterocycles. The van der Waals surface area contributed by atoms with Crippen molar-refractivity contribution in [2.45, 2.75) is 25.8 Å². The highest BCUT2D eigenvalue weighted by atomic mass is 16.6. The predicted molar refractivity (Wildman–Crippen MR) is 67.5 cm³/mol. The van der Waals surface area contributed by atoms with Crippen LogP contribution >= 0.6 is 0 Å². The van der Waals surface area contributed by atoms with Crippen molar-refractivity contribution in [3.8, 4) is 0 Å². The second-order valence-corrected chi connectivity index (χ2v) is 4.53. The van der Waals surface area contributed by atoms with Crippen LogP contribution in [0.15, 0.2) is 10.1 Å². The van der Waals surface area contributed by atoms with Gasteiger partial charge in [0.2, 0.25) is 5.90 Å². The van der Waals surface area contributed by atoms with Gasteiger partial charge in [0, 0.05) is 45.6 Å². The predicted octanol–water partition coefficient (Wildman–Crippen LogP) is 1.15. The van der Waals surface area contributed by atoms with Gasteiger partial charge < -0.3 is 9.57 Å². The Kier molecular flexibility index (Phi) is 4.50. The van der Waals surface area contributed by atoms with Crippen LogP contribution < -0.4 is 0 Å². The topological polar surface area (TPSA) is 46.4 Å². The van der Waals surface area contributed by atoms with Gasteiger partial charge in [0.1, 0.15) is 0 Å². The Hall–Kier alpha value is -0.940. The highest BCUT2D eigenvalue weighted by Gasteiger charge is 2.37. The smallest absolute Gasteiger partial charge is 0.225 e. The van der Waals surface area contributed by atoms with E-state index in [-0.39, 0.29) is 0 Å². The molecule has 0 aromatic carbocycles. The molecule has 0 N–H and O–H groups in total. The van der Waals surface area contributed by atoms with Crippen LogP contribution in [0.1, 0.15) is 19.8 Å². The monoisotopic (exact) mass is 239 g/mol. The van der Waals surface area contributed by atoms with Gasteiger partial charge in [-0.3, -0.25) is 9.89 Å². The summed E-state index contributed by atoms with van der Waals surface area (Å²) in [7, 11) is 0. The van der Waals surface area contributed by atoms with E-state index in [2.05, 4.69) is 21.8 Å². The van der Waals surface area contributed by atoms with Crippen LogP contribution in [0.4, 0.5) is 0 Å². The molecule has 0 atom stereocenters.